The summed E-state index contributed by atoms with van der Waals surface area (Å²) in [5.74, 6) is 0.600. The number of alkyl halides is 3. The van der Waals surface area contributed by atoms with Crippen molar-refractivity contribution in [3.8, 4) is 11.6 Å². The summed E-state index contributed by atoms with van der Waals surface area (Å²) in [6.45, 7) is 0. The summed E-state index contributed by atoms with van der Waals surface area (Å²) in [5, 5.41) is 2.77. The SMILES string of the molecule is Nc1c(Nc2cc(C(F)(F)F)ccc2Cl)ncnc1Oc1ccc(Br)cc1. The predicted octanol–water partition coefficient (Wildman–Crippen LogP) is 6.03. The molecule has 0 aliphatic heterocycles. The minimum Gasteiger partial charge on any atom is -0.437 e. The van der Waals surface area contributed by atoms with Gasteiger partial charge < -0.3 is 15.8 Å². The molecule has 10 heteroatoms. The highest BCUT2D eigenvalue weighted by Gasteiger charge is 2.31. The Morgan fingerprint density at radius 3 is 2.44 bits per heavy atom. The van der Waals surface area contributed by atoms with Crippen LogP contribution in [0.4, 0.5) is 30.4 Å². The van der Waals surface area contributed by atoms with Crippen molar-refractivity contribution >= 4 is 44.7 Å². The van der Waals surface area contributed by atoms with Gasteiger partial charge in [0.2, 0.25) is 5.88 Å². The molecule has 3 rings (SSSR count). The van der Waals surface area contributed by atoms with E-state index >= 15 is 0 Å². The summed E-state index contributed by atoms with van der Waals surface area (Å²) in [5.41, 5.74) is 5.17. The first-order chi connectivity index (χ1) is 12.7. The molecule has 3 N–H and O–H groups in total. The van der Waals surface area contributed by atoms with E-state index in [1.807, 2.05) is 0 Å². The number of anilines is 3. The Hall–Kier alpha value is -2.52. The Bertz CT molecular complexity index is 967. The summed E-state index contributed by atoms with van der Waals surface area (Å²) < 4.78 is 45.2. The van der Waals surface area contributed by atoms with Crippen LogP contribution in [0.1, 0.15) is 5.56 Å². The zero-order chi connectivity index (χ0) is 19.6. The summed E-state index contributed by atoms with van der Waals surface area (Å²) in [6.07, 6.45) is -3.33. The molecule has 1 aromatic heterocycles. The standard InChI is InChI=1S/C17H11BrClF3N4O/c18-10-2-4-11(5-3-10)27-16-14(23)15(24-8-25-16)26-13-7-9(17(20,21)22)1-6-12(13)19/h1-8H,23H2,(H,24,25,26). The van der Waals surface area contributed by atoms with Crippen LogP contribution in [0, 0.1) is 0 Å². The Balaban J connectivity index is 1.89. The van der Waals surface area contributed by atoms with Crippen LogP contribution in [0.3, 0.4) is 0 Å². The normalized spacial score (nSPS) is 11.3. The average molecular weight is 460 g/mol. The van der Waals surface area contributed by atoms with Gasteiger partial charge in [0.1, 0.15) is 17.8 Å². The summed E-state index contributed by atoms with van der Waals surface area (Å²) in [7, 11) is 0. The highest BCUT2D eigenvalue weighted by Crippen LogP contribution is 2.37. The Kier molecular flexibility index (Phi) is 5.43. The first-order valence-electron chi connectivity index (χ1n) is 7.41. The molecule has 0 saturated carbocycles. The molecule has 1 heterocycles. The van der Waals surface area contributed by atoms with Crippen molar-refractivity contribution in [3.05, 3.63) is 63.9 Å². The largest absolute Gasteiger partial charge is 0.437 e. The molecule has 0 unspecified atom stereocenters. The van der Waals surface area contributed by atoms with Gasteiger partial charge in [0, 0.05) is 4.47 Å². The highest BCUT2D eigenvalue weighted by atomic mass is 79.9. The smallest absolute Gasteiger partial charge is 0.416 e. The average Bonchev–Trinajstić information content (AvgIpc) is 2.61. The molecule has 0 aliphatic carbocycles. The lowest BCUT2D eigenvalue weighted by molar-refractivity contribution is -0.137. The minimum absolute atomic E-state index is 0.00600. The molecular formula is C17H11BrClF3N4O. The summed E-state index contributed by atoms with van der Waals surface area (Å²) in [6, 6.07) is 9.84. The van der Waals surface area contributed by atoms with Gasteiger partial charge in [0.15, 0.2) is 5.82 Å². The first kappa shape index (κ1) is 19.2. The number of nitrogen functional groups attached to an aromatic ring is 1. The first-order valence-corrected chi connectivity index (χ1v) is 8.59. The monoisotopic (exact) mass is 458 g/mol. The number of hydrogen-bond acceptors (Lipinski definition) is 5. The summed E-state index contributed by atoms with van der Waals surface area (Å²) in [4.78, 5) is 7.90. The van der Waals surface area contributed by atoms with E-state index in [0.29, 0.717) is 5.75 Å². The van der Waals surface area contributed by atoms with Crippen LogP contribution >= 0.6 is 27.5 Å². The van der Waals surface area contributed by atoms with Crippen molar-refractivity contribution in [3.63, 3.8) is 0 Å². The van der Waals surface area contributed by atoms with E-state index in [0.717, 1.165) is 22.7 Å². The molecule has 0 radical (unpaired) electrons. The Morgan fingerprint density at radius 2 is 1.78 bits per heavy atom. The van der Waals surface area contributed by atoms with E-state index in [1.165, 1.54) is 6.33 Å². The number of benzene rings is 2. The quantitative estimate of drug-likeness (QED) is 0.498. The maximum atomic E-state index is 12.9. The van der Waals surface area contributed by atoms with E-state index < -0.39 is 11.7 Å². The van der Waals surface area contributed by atoms with Gasteiger partial charge in [-0.2, -0.15) is 18.2 Å². The lowest BCUT2D eigenvalue weighted by atomic mass is 10.2. The molecule has 140 valence electrons. The number of nitrogens with two attached hydrogens (primary N) is 1. The molecule has 0 spiro atoms. The van der Waals surface area contributed by atoms with E-state index in [-0.39, 0.29) is 28.1 Å². The lowest BCUT2D eigenvalue weighted by Crippen LogP contribution is -2.07. The number of ether oxygens (including phenoxy) is 1. The number of hydrogen-bond donors (Lipinski definition) is 2. The maximum Gasteiger partial charge on any atom is 0.416 e. The molecule has 0 bridgehead atoms. The molecule has 0 atom stereocenters. The number of halogens is 5. The van der Waals surface area contributed by atoms with Crippen molar-refractivity contribution in [2.75, 3.05) is 11.1 Å². The van der Waals surface area contributed by atoms with E-state index in [9.17, 15) is 13.2 Å². The van der Waals surface area contributed by atoms with Crippen molar-refractivity contribution in [1.82, 2.24) is 9.97 Å². The fourth-order valence-electron chi connectivity index (χ4n) is 2.10. The van der Waals surface area contributed by atoms with Crippen LogP contribution in [-0.4, -0.2) is 9.97 Å². The molecular weight excluding hydrogens is 449 g/mol. The minimum atomic E-state index is -4.51. The third kappa shape index (κ3) is 4.61. The second-order valence-corrected chi connectivity index (χ2v) is 6.64. The van der Waals surface area contributed by atoms with Crippen LogP contribution < -0.4 is 15.8 Å². The second-order valence-electron chi connectivity index (χ2n) is 5.31. The number of rotatable bonds is 4. The molecule has 27 heavy (non-hydrogen) atoms. The third-order valence-corrected chi connectivity index (χ3v) is 4.28. The fraction of sp³-hybridized carbons (Fsp3) is 0.0588. The van der Waals surface area contributed by atoms with Crippen LogP contribution in [0.2, 0.25) is 5.02 Å². The van der Waals surface area contributed by atoms with Gasteiger partial charge in [0.05, 0.1) is 16.3 Å². The fourth-order valence-corrected chi connectivity index (χ4v) is 2.53. The molecule has 0 aliphatic rings. The maximum absolute atomic E-state index is 12.9. The van der Waals surface area contributed by atoms with Crippen LogP contribution in [0.25, 0.3) is 0 Å². The Morgan fingerprint density at radius 1 is 1.07 bits per heavy atom. The molecule has 0 saturated heterocycles. The van der Waals surface area contributed by atoms with Gasteiger partial charge in [0.25, 0.3) is 0 Å². The van der Waals surface area contributed by atoms with E-state index in [4.69, 9.17) is 22.1 Å². The van der Waals surface area contributed by atoms with Crippen LogP contribution in [-0.2, 0) is 6.18 Å². The molecule has 2 aromatic carbocycles. The third-order valence-electron chi connectivity index (χ3n) is 3.42. The van der Waals surface area contributed by atoms with Crippen molar-refractivity contribution in [2.45, 2.75) is 6.18 Å². The van der Waals surface area contributed by atoms with Gasteiger partial charge in [-0.15, -0.1) is 0 Å². The molecule has 5 nitrogen and oxygen atoms in total. The van der Waals surface area contributed by atoms with Crippen molar-refractivity contribution < 1.29 is 17.9 Å². The zero-order valence-corrected chi connectivity index (χ0v) is 15.7. The van der Waals surface area contributed by atoms with Gasteiger partial charge in [-0.05, 0) is 42.5 Å². The van der Waals surface area contributed by atoms with Crippen molar-refractivity contribution in [1.29, 1.82) is 0 Å². The lowest BCUT2D eigenvalue weighted by Gasteiger charge is -2.14. The summed E-state index contributed by atoms with van der Waals surface area (Å²) >= 11 is 9.30. The zero-order valence-electron chi connectivity index (χ0n) is 13.4. The number of nitrogens with zero attached hydrogens (tertiary/aromatic N) is 2. The number of nitrogens with one attached hydrogen (secondary N) is 1. The topological polar surface area (TPSA) is 73.1 Å². The molecule has 3 aromatic rings. The predicted molar refractivity (Wildman–Crippen MR) is 100 cm³/mol. The van der Waals surface area contributed by atoms with Crippen molar-refractivity contribution in [2.24, 2.45) is 0 Å². The second kappa shape index (κ2) is 7.61. The van der Waals surface area contributed by atoms with Gasteiger partial charge in [-0.3, -0.25) is 0 Å². The highest BCUT2D eigenvalue weighted by molar-refractivity contribution is 9.10. The van der Waals surface area contributed by atoms with Crippen LogP contribution in [0.5, 0.6) is 11.6 Å². The Labute approximate surface area is 165 Å². The van der Waals surface area contributed by atoms with Crippen LogP contribution in [0.15, 0.2) is 53.3 Å². The van der Waals surface area contributed by atoms with Gasteiger partial charge in [-0.1, -0.05) is 27.5 Å². The van der Waals surface area contributed by atoms with E-state index in [1.54, 1.807) is 24.3 Å². The molecule has 0 amide bonds. The van der Waals surface area contributed by atoms with E-state index in [2.05, 4.69) is 31.2 Å². The molecule has 0 fully saturated rings. The van der Waals surface area contributed by atoms with Gasteiger partial charge >= 0.3 is 6.18 Å². The van der Waals surface area contributed by atoms with Gasteiger partial charge in [-0.25, -0.2) is 4.98 Å². The number of aromatic nitrogens is 2.